The molecule has 1 aliphatic rings. The molecule has 3 N–H and O–H groups in total. The molecule has 118 valence electrons. The summed E-state index contributed by atoms with van der Waals surface area (Å²) < 4.78 is 5.46. The summed E-state index contributed by atoms with van der Waals surface area (Å²) in [5, 5.41) is 5.52. The van der Waals surface area contributed by atoms with Crippen molar-refractivity contribution in [1.82, 2.24) is 0 Å². The van der Waals surface area contributed by atoms with E-state index in [0.29, 0.717) is 33.3 Å². The van der Waals surface area contributed by atoms with Crippen LogP contribution in [0.3, 0.4) is 0 Å². The summed E-state index contributed by atoms with van der Waals surface area (Å²) in [6, 6.07) is 5.25. The zero-order chi connectivity index (χ0) is 16.6. The van der Waals surface area contributed by atoms with E-state index in [4.69, 9.17) is 22.1 Å². The Balaban J connectivity index is 1.80. The molecule has 0 fully saturated rings. The van der Waals surface area contributed by atoms with Crippen molar-refractivity contribution in [3.05, 3.63) is 57.1 Å². The lowest BCUT2D eigenvalue weighted by Crippen LogP contribution is -2.21. The van der Waals surface area contributed by atoms with Gasteiger partial charge in [0, 0.05) is 17.0 Å². The number of carbonyl (C=O) groups excluding carboxylic acids is 2. The first-order chi connectivity index (χ1) is 11.0. The zero-order valence-corrected chi connectivity index (χ0v) is 13.8. The second kappa shape index (κ2) is 6.06. The third-order valence-electron chi connectivity index (χ3n) is 3.47. The first-order valence-electron chi connectivity index (χ1n) is 6.79. The van der Waals surface area contributed by atoms with Crippen LogP contribution in [-0.4, -0.2) is 11.8 Å². The van der Waals surface area contributed by atoms with Crippen molar-refractivity contribution >= 4 is 39.8 Å². The van der Waals surface area contributed by atoms with Crippen molar-refractivity contribution in [2.24, 2.45) is 5.73 Å². The number of fused-ring (bicyclic) bond motifs is 1. The molecule has 0 radical (unpaired) electrons. The lowest BCUT2D eigenvalue weighted by Gasteiger charge is -2.17. The highest BCUT2D eigenvalue weighted by Crippen LogP contribution is 2.31. The Morgan fingerprint density at radius 3 is 2.91 bits per heavy atom. The van der Waals surface area contributed by atoms with Gasteiger partial charge in [-0.2, -0.15) is 0 Å². The smallest absolute Gasteiger partial charge is 0.255 e. The molecule has 1 aliphatic heterocycles. The maximum Gasteiger partial charge on any atom is 0.255 e. The number of benzene rings is 1. The number of amides is 2. The van der Waals surface area contributed by atoms with E-state index in [1.54, 1.807) is 30.5 Å². The molecule has 0 aliphatic carbocycles. The topological polar surface area (TPSA) is 81.4 Å². The van der Waals surface area contributed by atoms with Crippen LogP contribution in [0.5, 0.6) is 5.75 Å². The van der Waals surface area contributed by atoms with Gasteiger partial charge in [-0.05, 0) is 36.1 Å². The molecule has 1 aromatic carbocycles. The third-order valence-corrected chi connectivity index (χ3v) is 4.72. The molecule has 2 heterocycles. The van der Waals surface area contributed by atoms with Gasteiger partial charge in [-0.25, -0.2) is 0 Å². The van der Waals surface area contributed by atoms with Crippen LogP contribution in [0.25, 0.3) is 0 Å². The minimum absolute atomic E-state index is 0.333. The van der Waals surface area contributed by atoms with Crippen molar-refractivity contribution in [1.29, 1.82) is 0 Å². The highest BCUT2D eigenvalue weighted by Gasteiger charge is 2.21. The fourth-order valence-corrected chi connectivity index (χ4v) is 3.48. The highest BCUT2D eigenvalue weighted by atomic mass is 35.5. The molecule has 2 aromatic rings. The molecule has 0 bridgehead atoms. The van der Waals surface area contributed by atoms with Crippen molar-refractivity contribution in [3.8, 4) is 5.75 Å². The summed E-state index contributed by atoms with van der Waals surface area (Å²) in [7, 11) is 0. The molecular weight excluding hydrogens is 336 g/mol. The molecule has 0 saturated heterocycles. The van der Waals surface area contributed by atoms with Crippen LogP contribution >= 0.6 is 22.9 Å². The summed E-state index contributed by atoms with van der Waals surface area (Å²) >= 11 is 7.23. The second-order valence-electron chi connectivity index (χ2n) is 5.13. The standard InChI is InChI=1S/C16H13ClN2O3S/c1-8-7-23-16(13(8)14(18)20)19-15(21)10-4-9-5-11(17)2-3-12(9)22-6-10/h2-3,5-7H,4H2,1H3,(H2,18,20)(H,19,21). The maximum atomic E-state index is 12.4. The molecule has 0 atom stereocenters. The lowest BCUT2D eigenvalue weighted by atomic mass is 10.0. The van der Waals surface area contributed by atoms with Gasteiger partial charge in [-0.3, -0.25) is 9.59 Å². The van der Waals surface area contributed by atoms with Gasteiger partial charge in [0.05, 0.1) is 11.1 Å². The van der Waals surface area contributed by atoms with Gasteiger partial charge in [0.1, 0.15) is 17.0 Å². The number of ether oxygens (including phenoxy) is 1. The predicted molar refractivity (Wildman–Crippen MR) is 90.1 cm³/mol. The van der Waals surface area contributed by atoms with Gasteiger partial charge in [0.25, 0.3) is 11.8 Å². The first-order valence-corrected chi connectivity index (χ1v) is 8.05. The van der Waals surface area contributed by atoms with Crippen LogP contribution in [0.1, 0.15) is 21.5 Å². The van der Waals surface area contributed by atoms with E-state index in [0.717, 1.165) is 11.1 Å². The first kappa shape index (κ1) is 15.6. The van der Waals surface area contributed by atoms with Crippen LogP contribution in [0.4, 0.5) is 5.00 Å². The third kappa shape index (κ3) is 3.09. The fourth-order valence-electron chi connectivity index (χ4n) is 2.34. The Bertz CT molecular complexity index is 842. The molecule has 7 heteroatoms. The van der Waals surface area contributed by atoms with Gasteiger partial charge in [0.2, 0.25) is 0 Å². The van der Waals surface area contributed by atoms with E-state index in [9.17, 15) is 9.59 Å². The van der Waals surface area contributed by atoms with Crippen LogP contribution < -0.4 is 15.8 Å². The summed E-state index contributed by atoms with van der Waals surface area (Å²) in [5.41, 5.74) is 7.71. The number of thiophene rings is 1. The van der Waals surface area contributed by atoms with E-state index >= 15 is 0 Å². The fraction of sp³-hybridized carbons (Fsp3) is 0.125. The van der Waals surface area contributed by atoms with Crippen LogP contribution in [0.2, 0.25) is 5.02 Å². The van der Waals surface area contributed by atoms with Gasteiger partial charge in [-0.1, -0.05) is 11.6 Å². The van der Waals surface area contributed by atoms with Gasteiger partial charge in [-0.15, -0.1) is 11.3 Å². The summed E-state index contributed by atoms with van der Waals surface area (Å²) in [4.78, 5) is 23.9. The van der Waals surface area contributed by atoms with Gasteiger partial charge < -0.3 is 15.8 Å². The van der Waals surface area contributed by atoms with E-state index < -0.39 is 5.91 Å². The lowest BCUT2D eigenvalue weighted by molar-refractivity contribution is -0.113. The summed E-state index contributed by atoms with van der Waals surface area (Å²) in [6.45, 7) is 1.77. The van der Waals surface area contributed by atoms with E-state index in [1.165, 1.54) is 17.6 Å². The number of rotatable bonds is 3. The van der Waals surface area contributed by atoms with Crippen molar-refractivity contribution in [3.63, 3.8) is 0 Å². The Morgan fingerprint density at radius 2 is 2.17 bits per heavy atom. The molecule has 0 unspecified atom stereocenters. The number of aryl methyl sites for hydroxylation is 1. The molecule has 2 amide bonds. The van der Waals surface area contributed by atoms with Crippen LogP contribution in [-0.2, 0) is 11.2 Å². The predicted octanol–water partition coefficient (Wildman–Crippen LogP) is 3.27. The molecule has 23 heavy (non-hydrogen) atoms. The maximum absolute atomic E-state index is 12.4. The Labute approximate surface area is 141 Å². The number of anilines is 1. The molecule has 3 rings (SSSR count). The average Bonchev–Trinajstić information content (AvgIpc) is 2.87. The highest BCUT2D eigenvalue weighted by molar-refractivity contribution is 7.15. The quantitative estimate of drug-likeness (QED) is 0.893. The normalized spacial score (nSPS) is 12.9. The zero-order valence-electron chi connectivity index (χ0n) is 12.2. The monoisotopic (exact) mass is 348 g/mol. The van der Waals surface area contributed by atoms with Crippen molar-refractivity contribution in [2.45, 2.75) is 13.3 Å². The minimum Gasteiger partial charge on any atom is -0.464 e. The van der Waals surface area contributed by atoms with Crippen LogP contribution in [0, 0.1) is 6.92 Å². The molecule has 0 saturated carbocycles. The number of halogens is 1. The number of nitrogens with two attached hydrogens (primary N) is 1. The molecular formula is C16H13ClN2O3S. The van der Waals surface area contributed by atoms with E-state index in [1.807, 2.05) is 0 Å². The van der Waals surface area contributed by atoms with Gasteiger partial charge >= 0.3 is 0 Å². The summed E-state index contributed by atoms with van der Waals surface area (Å²) in [6.07, 6.45) is 1.81. The molecule has 1 aromatic heterocycles. The second-order valence-corrected chi connectivity index (χ2v) is 6.45. The largest absolute Gasteiger partial charge is 0.464 e. The Hall–Kier alpha value is -2.31. The molecule has 0 spiro atoms. The van der Waals surface area contributed by atoms with Crippen LogP contribution in [0.15, 0.2) is 35.4 Å². The summed E-state index contributed by atoms with van der Waals surface area (Å²) in [5.74, 6) is -0.222. The minimum atomic E-state index is -0.565. The Kier molecular flexibility index (Phi) is 4.11. The number of hydrogen-bond donors (Lipinski definition) is 2. The Morgan fingerprint density at radius 1 is 1.39 bits per heavy atom. The van der Waals surface area contributed by atoms with E-state index in [-0.39, 0.29) is 5.91 Å². The SMILES string of the molecule is Cc1csc(NC(=O)C2=COc3ccc(Cl)cc3C2)c1C(N)=O. The number of nitrogens with one attached hydrogen (secondary N) is 1. The molecule has 5 nitrogen and oxygen atoms in total. The van der Waals surface area contributed by atoms with Crippen molar-refractivity contribution in [2.75, 3.05) is 5.32 Å². The number of primary amides is 1. The number of carbonyl (C=O) groups is 2. The average molecular weight is 349 g/mol. The van der Waals surface area contributed by atoms with Gasteiger partial charge in [0.15, 0.2) is 0 Å². The van der Waals surface area contributed by atoms with Crippen molar-refractivity contribution < 1.29 is 14.3 Å². The van der Waals surface area contributed by atoms with E-state index in [2.05, 4.69) is 5.32 Å². The number of hydrogen-bond acceptors (Lipinski definition) is 4.